The lowest BCUT2D eigenvalue weighted by Crippen LogP contribution is -2.08. The predicted octanol–water partition coefficient (Wildman–Crippen LogP) is 3.39. The Morgan fingerprint density at radius 3 is 2.79 bits per heavy atom. The molecule has 1 aliphatic rings. The lowest BCUT2D eigenvalue weighted by molar-refractivity contribution is 0.0693. The van der Waals surface area contributed by atoms with Crippen LogP contribution in [-0.4, -0.2) is 20.5 Å². The van der Waals surface area contributed by atoms with Gasteiger partial charge in [0.2, 0.25) is 0 Å². The molecule has 0 bridgehead atoms. The molecule has 0 aliphatic heterocycles. The first kappa shape index (κ1) is 12.2. The fourth-order valence-corrected chi connectivity index (χ4v) is 3.02. The van der Waals surface area contributed by atoms with Crippen LogP contribution in [0.2, 0.25) is 0 Å². The van der Waals surface area contributed by atoms with E-state index >= 15 is 0 Å². The standard InChI is InChI=1S/C15H18N2O2/c1-10-7-8-17-12(9-10)13(15(18)19)16-14(17)11-5-3-2-4-6-11/h7-9,11H,2-6H2,1H3,(H,18,19). The van der Waals surface area contributed by atoms with Gasteiger partial charge in [0.05, 0.1) is 5.52 Å². The number of hydrogen-bond acceptors (Lipinski definition) is 2. The van der Waals surface area contributed by atoms with E-state index in [2.05, 4.69) is 4.98 Å². The van der Waals surface area contributed by atoms with Crippen molar-refractivity contribution < 1.29 is 9.90 Å². The van der Waals surface area contributed by atoms with E-state index in [0.717, 1.165) is 24.2 Å². The number of aromatic carboxylic acids is 1. The van der Waals surface area contributed by atoms with Crippen LogP contribution in [0.4, 0.5) is 0 Å². The largest absolute Gasteiger partial charge is 0.476 e. The van der Waals surface area contributed by atoms with Gasteiger partial charge in [0.1, 0.15) is 5.82 Å². The Bertz CT molecular complexity index is 624. The molecule has 1 saturated carbocycles. The minimum atomic E-state index is -0.940. The third kappa shape index (κ3) is 2.11. The summed E-state index contributed by atoms with van der Waals surface area (Å²) in [4.78, 5) is 15.8. The molecule has 19 heavy (non-hydrogen) atoms. The van der Waals surface area contributed by atoms with Crippen molar-refractivity contribution in [2.75, 3.05) is 0 Å². The van der Waals surface area contributed by atoms with E-state index in [4.69, 9.17) is 0 Å². The highest BCUT2D eigenvalue weighted by atomic mass is 16.4. The van der Waals surface area contributed by atoms with Crippen LogP contribution in [0.3, 0.4) is 0 Å². The number of hydrogen-bond donors (Lipinski definition) is 1. The first-order chi connectivity index (χ1) is 9.16. The van der Waals surface area contributed by atoms with Crippen LogP contribution < -0.4 is 0 Å². The molecule has 0 amide bonds. The molecule has 1 N–H and O–H groups in total. The summed E-state index contributed by atoms with van der Waals surface area (Å²) in [6.45, 7) is 1.97. The van der Waals surface area contributed by atoms with E-state index in [1.165, 1.54) is 19.3 Å². The van der Waals surface area contributed by atoms with E-state index in [1.807, 2.05) is 29.7 Å². The van der Waals surface area contributed by atoms with Gasteiger partial charge in [-0.3, -0.25) is 0 Å². The summed E-state index contributed by atoms with van der Waals surface area (Å²) in [5.41, 5.74) is 1.96. The van der Waals surface area contributed by atoms with E-state index in [1.54, 1.807) is 0 Å². The number of imidazole rings is 1. The van der Waals surface area contributed by atoms with Crippen LogP contribution in [0.1, 0.15) is 59.9 Å². The fraction of sp³-hybridized carbons (Fsp3) is 0.467. The smallest absolute Gasteiger partial charge is 0.356 e. The number of fused-ring (bicyclic) bond motifs is 1. The van der Waals surface area contributed by atoms with Gasteiger partial charge < -0.3 is 9.51 Å². The molecule has 3 rings (SSSR count). The van der Waals surface area contributed by atoms with Crippen molar-refractivity contribution in [2.45, 2.75) is 44.9 Å². The molecule has 0 unspecified atom stereocenters. The second kappa shape index (κ2) is 4.68. The summed E-state index contributed by atoms with van der Waals surface area (Å²) >= 11 is 0. The third-order valence-corrected chi connectivity index (χ3v) is 4.00. The number of aromatic nitrogens is 2. The molecule has 1 aliphatic carbocycles. The topological polar surface area (TPSA) is 54.6 Å². The van der Waals surface area contributed by atoms with Gasteiger partial charge in [0.15, 0.2) is 5.69 Å². The average molecular weight is 258 g/mol. The minimum Gasteiger partial charge on any atom is -0.476 e. The normalized spacial score (nSPS) is 16.9. The number of carboxylic acids is 1. The zero-order chi connectivity index (χ0) is 13.4. The van der Waals surface area contributed by atoms with Gasteiger partial charge >= 0.3 is 5.97 Å². The van der Waals surface area contributed by atoms with Gasteiger partial charge in [0, 0.05) is 12.1 Å². The summed E-state index contributed by atoms with van der Waals surface area (Å²) in [6, 6.07) is 3.91. The lowest BCUT2D eigenvalue weighted by atomic mass is 9.89. The van der Waals surface area contributed by atoms with Gasteiger partial charge in [-0.15, -0.1) is 0 Å². The Labute approximate surface area is 112 Å². The number of carboxylic acid groups (broad SMARTS) is 1. The van der Waals surface area contributed by atoms with Crippen molar-refractivity contribution in [3.05, 3.63) is 35.4 Å². The molecule has 1 fully saturated rings. The first-order valence-electron chi connectivity index (χ1n) is 6.88. The number of pyridine rings is 1. The number of aryl methyl sites for hydroxylation is 1. The summed E-state index contributed by atoms with van der Waals surface area (Å²) in [5.74, 6) is 0.384. The highest BCUT2D eigenvalue weighted by Crippen LogP contribution is 2.33. The maximum atomic E-state index is 11.3. The van der Waals surface area contributed by atoms with Gasteiger partial charge in [-0.2, -0.15) is 0 Å². The average Bonchev–Trinajstić information content (AvgIpc) is 2.78. The van der Waals surface area contributed by atoms with Crippen molar-refractivity contribution in [3.63, 3.8) is 0 Å². The van der Waals surface area contributed by atoms with Crippen LogP contribution >= 0.6 is 0 Å². The molecule has 2 heterocycles. The van der Waals surface area contributed by atoms with Gasteiger partial charge in [0.25, 0.3) is 0 Å². The summed E-state index contributed by atoms with van der Waals surface area (Å²) in [6.07, 6.45) is 7.90. The summed E-state index contributed by atoms with van der Waals surface area (Å²) < 4.78 is 1.96. The maximum absolute atomic E-state index is 11.3. The van der Waals surface area contributed by atoms with Crippen LogP contribution in [0.25, 0.3) is 5.52 Å². The van der Waals surface area contributed by atoms with E-state index in [9.17, 15) is 9.90 Å². The number of carbonyl (C=O) groups is 1. The summed E-state index contributed by atoms with van der Waals surface area (Å²) in [7, 11) is 0. The van der Waals surface area contributed by atoms with Gasteiger partial charge in [-0.25, -0.2) is 9.78 Å². The molecule has 2 aromatic heterocycles. The molecule has 4 heteroatoms. The van der Waals surface area contributed by atoms with Crippen molar-refractivity contribution in [2.24, 2.45) is 0 Å². The third-order valence-electron chi connectivity index (χ3n) is 4.00. The Morgan fingerprint density at radius 1 is 1.37 bits per heavy atom. The van der Waals surface area contributed by atoms with Gasteiger partial charge in [-0.05, 0) is 37.5 Å². The van der Waals surface area contributed by atoms with E-state index in [0.29, 0.717) is 11.4 Å². The molecule has 0 radical (unpaired) electrons. The monoisotopic (exact) mass is 258 g/mol. The highest BCUT2D eigenvalue weighted by molar-refractivity contribution is 5.93. The van der Waals surface area contributed by atoms with E-state index in [-0.39, 0.29) is 5.69 Å². The Hall–Kier alpha value is -1.84. The minimum absolute atomic E-state index is 0.185. The lowest BCUT2D eigenvalue weighted by Gasteiger charge is -2.20. The van der Waals surface area contributed by atoms with Crippen molar-refractivity contribution in [3.8, 4) is 0 Å². The molecule has 0 spiro atoms. The predicted molar refractivity (Wildman–Crippen MR) is 72.7 cm³/mol. The Balaban J connectivity index is 2.16. The zero-order valence-electron chi connectivity index (χ0n) is 11.1. The molecule has 0 atom stereocenters. The van der Waals surface area contributed by atoms with Crippen LogP contribution in [0.5, 0.6) is 0 Å². The maximum Gasteiger partial charge on any atom is 0.356 e. The quantitative estimate of drug-likeness (QED) is 0.898. The number of rotatable bonds is 2. The Morgan fingerprint density at radius 2 is 2.11 bits per heavy atom. The molecular formula is C15H18N2O2. The fourth-order valence-electron chi connectivity index (χ4n) is 3.02. The molecule has 2 aromatic rings. The molecule has 0 aromatic carbocycles. The molecule has 0 saturated heterocycles. The van der Waals surface area contributed by atoms with Crippen molar-refractivity contribution >= 4 is 11.5 Å². The van der Waals surface area contributed by atoms with Gasteiger partial charge in [-0.1, -0.05) is 19.3 Å². The van der Waals surface area contributed by atoms with Crippen LogP contribution in [0.15, 0.2) is 18.3 Å². The SMILES string of the molecule is Cc1ccn2c(C3CCCCC3)nc(C(=O)O)c2c1. The van der Waals surface area contributed by atoms with E-state index < -0.39 is 5.97 Å². The number of nitrogens with zero attached hydrogens (tertiary/aromatic N) is 2. The van der Waals surface area contributed by atoms with Crippen LogP contribution in [0, 0.1) is 6.92 Å². The molecule has 4 nitrogen and oxygen atoms in total. The second-order valence-electron chi connectivity index (χ2n) is 5.42. The zero-order valence-corrected chi connectivity index (χ0v) is 11.1. The highest BCUT2D eigenvalue weighted by Gasteiger charge is 2.24. The first-order valence-corrected chi connectivity index (χ1v) is 6.88. The second-order valence-corrected chi connectivity index (χ2v) is 5.42. The Kier molecular flexibility index (Phi) is 3.01. The van der Waals surface area contributed by atoms with Crippen molar-refractivity contribution in [1.82, 2.24) is 9.38 Å². The van der Waals surface area contributed by atoms with Crippen molar-refractivity contribution in [1.29, 1.82) is 0 Å². The summed E-state index contributed by atoms with van der Waals surface area (Å²) in [5, 5.41) is 9.31. The van der Waals surface area contributed by atoms with Crippen LogP contribution in [-0.2, 0) is 0 Å². The molecule has 100 valence electrons. The molecular weight excluding hydrogens is 240 g/mol.